The summed E-state index contributed by atoms with van der Waals surface area (Å²) >= 11 is 12.0. The zero-order valence-corrected chi connectivity index (χ0v) is 16.2. The Hall–Kier alpha value is -3.14. The quantitative estimate of drug-likeness (QED) is 0.572. The summed E-state index contributed by atoms with van der Waals surface area (Å²) in [6.07, 6.45) is 0. The predicted molar refractivity (Wildman–Crippen MR) is 108 cm³/mol. The first-order valence-corrected chi connectivity index (χ1v) is 8.95. The summed E-state index contributed by atoms with van der Waals surface area (Å²) in [7, 11) is 0. The van der Waals surface area contributed by atoms with Crippen LogP contribution < -0.4 is 5.56 Å². The van der Waals surface area contributed by atoms with Gasteiger partial charge in [-0.15, -0.1) is 10.2 Å². The highest BCUT2D eigenvalue weighted by Crippen LogP contribution is 2.31. The van der Waals surface area contributed by atoms with E-state index in [-0.39, 0.29) is 29.0 Å². The fourth-order valence-electron chi connectivity index (χ4n) is 2.64. The second-order valence-corrected chi connectivity index (χ2v) is 6.80. The molecular formula is C20H14Cl2N4O2. The maximum atomic E-state index is 12.9. The number of rotatable bonds is 4. The molecule has 0 amide bonds. The Labute approximate surface area is 170 Å². The van der Waals surface area contributed by atoms with Gasteiger partial charge in [-0.25, -0.2) is 0 Å². The summed E-state index contributed by atoms with van der Waals surface area (Å²) < 4.78 is 1.09. The van der Waals surface area contributed by atoms with E-state index in [1.54, 1.807) is 12.1 Å². The number of azo groups is 1. The van der Waals surface area contributed by atoms with Crippen LogP contribution >= 0.6 is 23.2 Å². The van der Waals surface area contributed by atoms with E-state index in [4.69, 9.17) is 23.2 Å². The van der Waals surface area contributed by atoms with Crippen LogP contribution in [0.5, 0.6) is 5.88 Å². The molecule has 0 bridgehead atoms. The van der Waals surface area contributed by atoms with E-state index in [9.17, 15) is 15.2 Å². The molecule has 0 atom stereocenters. The molecule has 6 nitrogen and oxygen atoms in total. The average Bonchev–Trinajstić information content (AvgIpc) is 2.69. The second-order valence-electron chi connectivity index (χ2n) is 5.96. The van der Waals surface area contributed by atoms with Crippen molar-refractivity contribution in [3.05, 3.63) is 85.6 Å². The van der Waals surface area contributed by atoms with Gasteiger partial charge in [-0.2, -0.15) is 5.26 Å². The SMILES string of the molecule is Cc1c(C#N)c(O)n(Cc2ccccc2)c(=O)c1N=Nc1cc(Cl)ccc1Cl. The highest BCUT2D eigenvalue weighted by Gasteiger charge is 2.19. The van der Waals surface area contributed by atoms with Crippen LogP contribution in [0.2, 0.25) is 10.0 Å². The molecule has 0 fully saturated rings. The van der Waals surface area contributed by atoms with Crippen molar-refractivity contribution in [1.82, 2.24) is 4.57 Å². The van der Waals surface area contributed by atoms with Crippen LogP contribution in [-0.2, 0) is 6.54 Å². The number of benzene rings is 2. The number of aromatic nitrogens is 1. The molecule has 1 N–H and O–H groups in total. The molecule has 0 saturated carbocycles. The van der Waals surface area contributed by atoms with Crippen LogP contribution in [0.15, 0.2) is 63.6 Å². The summed E-state index contributed by atoms with van der Waals surface area (Å²) in [5, 5.41) is 28.6. The van der Waals surface area contributed by atoms with Crippen molar-refractivity contribution < 1.29 is 5.11 Å². The van der Waals surface area contributed by atoms with E-state index < -0.39 is 11.4 Å². The number of aromatic hydroxyl groups is 1. The standard InChI is InChI=1S/C20H14Cl2N4O2/c1-12-15(10-23)19(27)26(11-13-5-3-2-4-6-13)20(28)18(12)25-24-17-9-14(21)7-8-16(17)22/h2-9,27H,11H2,1H3. The van der Waals surface area contributed by atoms with Gasteiger partial charge in [0, 0.05) is 10.6 Å². The van der Waals surface area contributed by atoms with E-state index in [1.165, 1.54) is 13.0 Å². The zero-order chi connectivity index (χ0) is 20.3. The van der Waals surface area contributed by atoms with Gasteiger partial charge in [0.15, 0.2) is 5.69 Å². The van der Waals surface area contributed by atoms with Crippen molar-refractivity contribution >= 4 is 34.6 Å². The highest BCUT2D eigenvalue weighted by molar-refractivity contribution is 6.35. The Morgan fingerprint density at radius 2 is 1.86 bits per heavy atom. The molecular weight excluding hydrogens is 399 g/mol. The minimum absolute atomic E-state index is 0.0401. The molecule has 8 heteroatoms. The second kappa shape index (κ2) is 8.26. The smallest absolute Gasteiger partial charge is 0.281 e. The van der Waals surface area contributed by atoms with Crippen molar-refractivity contribution in [2.45, 2.75) is 13.5 Å². The Morgan fingerprint density at radius 3 is 2.54 bits per heavy atom. The Balaban J connectivity index is 2.14. The molecule has 28 heavy (non-hydrogen) atoms. The van der Waals surface area contributed by atoms with Crippen molar-refractivity contribution in [3.63, 3.8) is 0 Å². The van der Waals surface area contributed by atoms with E-state index in [1.807, 2.05) is 36.4 Å². The van der Waals surface area contributed by atoms with E-state index in [0.29, 0.717) is 10.0 Å². The molecule has 0 unspecified atom stereocenters. The largest absolute Gasteiger partial charge is 0.493 e. The van der Waals surface area contributed by atoms with Gasteiger partial charge in [0.05, 0.1) is 11.6 Å². The third-order valence-electron chi connectivity index (χ3n) is 4.12. The summed E-state index contributed by atoms with van der Waals surface area (Å²) in [5.74, 6) is -0.409. The highest BCUT2D eigenvalue weighted by atomic mass is 35.5. The number of pyridine rings is 1. The Morgan fingerprint density at radius 1 is 1.14 bits per heavy atom. The first-order chi connectivity index (χ1) is 13.4. The van der Waals surface area contributed by atoms with Gasteiger partial charge < -0.3 is 5.11 Å². The van der Waals surface area contributed by atoms with E-state index in [2.05, 4.69) is 10.2 Å². The fraction of sp³-hybridized carbons (Fsp3) is 0.100. The summed E-state index contributed by atoms with van der Waals surface area (Å²) in [4.78, 5) is 12.9. The molecule has 0 aliphatic carbocycles. The van der Waals surface area contributed by atoms with Crippen LogP contribution in [0.1, 0.15) is 16.7 Å². The maximum absolute atomic E-state index is 12.9. The van der Waals surface area contributed by atoms with Crippen molar-refractivity contribution in [3.8, 4) is 11.9 Å². The number of halogens is 2. The lowest BCUT2D eigenvalue weighted by atomic mass is 10.1. The lowest BCUT2D eigenvalue weighted by molar-refractivity contribution is 0.412. The first kappa shape index (κ1) is 19.6. The number of hydrogen-bond acceptors (Lipinski definition) is 5. The molecule has 0 radical (unpaired) electrons. The normalized spacial score (nSPS) is 10.9. The molecule has 0 aliphatic rings. The van der Waals surface area contributed by atoms with E-state index in [0.717, 1.165) is 10.1 Å². The van der Waals surface area contributed by atoms with Gasteiger partial charge in [-0.05, 0) is 30.7 Å². The van der Waals surface area contributed by atoms with Crippen molar-refractivity contribution in [1.29, 1.82) is 5.26 Å². The zero-order valence-electron chi connectivity index (χ0n) is 14.7. The number of hydrogen-bond donors (Lipinski definition) is 1. The summed E-state index contributed by atoms with van der Waals surface area (Å²) in [6.45, 7) is 1.61. The van der Waals surface area contributed by atoms with Gasteiger partial charge >= 0.3 is 0 Å². The topological polar surface area (TPSA) is 90.7 Å². The van der Waals surface area contributed by atoms with E-state index >= 15 is 0 Å². The lowest BCUT2D eigenvalue weighted by Gasteiger charge is -2.13. The minimum atomic E-state index is -0.570. The molecule has 3 rings (SSSR count). The van der Waals surface area contributed by atoms with Crippen molar-refractivity contribution in [2.24, 2.45) is 10.2 Å². The molecule has 0 spiro atoms. The number of nitriles is 1. The third kappa shape index (κ3) is 3.91. The minimum Gasteiger partial charge on any atom is -0.493 e. The van der Waals surface area contributed by atoms with Crippen LogP contribution in [0, 0.1) is 18.3 Å². The Bertz CT molecular complexity index is 1170. The predicted octanol–water partition coefficient (Wildman–Crippen LogP) is 5.50. The van der Waals surface area contributed by atoms with Crippen LogP contribution in [0.3, 0.4) is 0 Å². The maximum Gasteiger partial charge on any atom is 0.281 e. The molecule has 0 aliphatic heterocycles. The molecule has 1 heterocycles. The molecule has 3 aromatic rings. The third-order valence-corrected chi connectivity index (χ3v) is 4.67. The van der Waals surface area contributed by atoms with Gasteiger partial charge in [0.1, 0.15) is 17.3 Å². The van der Waals surface area contributed by atoms with Crippen LogP contribution in [0.4, 0.5) is 11.4 Å². The molecule has 2 aromatic carbocycles. The molecule has 1 aromatic heterocycles. The van der Waals surface area contributed by atoms with Gasteiger partial charge in [-0.1, -0.05) is 53.5 Å². The summed E-state index contributed by atoms with van der Waals surface area (Å²) in [5.41, 5.74) is 0.640. The van der Waals surface area contributed by atoms with Crippen LogP contribution in [-0.4, -0.2) is 9.67 Å². The van der Waals surface area contributed by atoms with Gasteiger partial charge in [0.25, 0.3) is 5.56 Å². The fourth-order valence-corrected chi connectivity index (χ4v) is 2.96. The average molecular weight is 413 g/mol. The van der Waals surface area contributed by atoms with Crippen LogP contribution in [0.25, 0.3) is 0 Å². The monoisotopic (exact) mass is 412 g/mol. The lowest BCUT2D eigenvalue weighted by Crippen LogP contribution is -2.22. The summed E-state index contributed by atoms with van der Waals surface area (Å²) in [6, 6.07) is 15.7. The van der Waals surface area contributed by atoms with Gasteiger partial charge in [-0.3, -0.25) is 9.36 Å². The van der Waals surface area contributed by atoms with Gasteiger partial charge in [0.2, 0.25) is 5.88 Å². The molecule has 140 valence electrons. The first-order valence-electron chi connectivity index (χ1n) is 8.19. The Kier molecular flexibility index (Phi) is 5.78. The van der Waals surface area contributed by atoms with Crippen molar-refractivity contribution in [2.75, 3.05) is 0 Å². The molecule has 0 saturated heterocycles. The number of nitrogens with zero attached hydrogens (tertiary/aromatic N) is 4.